The molecule has 0 aliphatic heterocycles. The van der Waals surface area contributed by atoms with Crippen molar-refractivity contribution in [1.82, 2.24) is 4.90 Å². The van der Waals surface area contributed by atoms with E-state index in [1.165, 1.54) is 0 Å². The Bertz CT molecular complexity index is 384. The summed E-state index contributed by atoms with van der Waals surface area (Å²) >= 11 is 5.74. The fourth-order valence-corrected chi connectivity index (χ4v) is 2.04. The summed E-state index contributed by atoms with van der Waals surface area (Å²) in [7, 11) is 0. The second kappa shape index (κ2) is 6.65. The molecule has 0 N–H and O–H groups in total. The summed E-state index contributed by atoms with van der Waals surface area (Å²) in [6.07, 6.45) is 0.952. The molecule has 17 heavy (non-hydrogen) atoms. The van der Waals surface area contributed by atoms with Gasteiger partial charge in [-0.05, 0) is 37.5 Å². The summed E-state index contributed by atoms with van der Waals surface area (Å²) < 4.78 is 0. The molecule has 0 aromatic heterocycles. The number of rotatable bonds is 5. The van der Waals surface area contributed by atoms with Gasteiger partial charge >= 0.3 is 0 Å². The first kappa shape index (κ1) is 14.0. The van der Waals surface area contributed by atoms with E-state index in [0.29, 0.717) is 12.4 Å². The summed E-state index contributed by atoms with van der Waals surface area (Å²) in [5.74, 6) is 0.574. The number of halogens is 1. The Hall–Kier alpha value is -1.02. The van der Waals surface area contributed by atoms with Crippen LogP contribution >= 0.6 is 11.6 Å². The number of alkyl halides is 1. The molecule has 94 valence electrons. The fraction of sp³-hybridized carbons (Fsp3) is 0.500. The van der Waals surface area contributed by atoms with Crippen molar-refractivity contribution in [3.05, 3.63) is 34.9 Å². The Labute approximate surface area is 109 Å². The zero-order valence-corrected chi connectivity index (χ0v) is 11.5. The molecular formula is C14H20ClNO. The smallest absolute Gasteiger partial charge is 0.254 e. The van der Waals surface area contributed by atoms with E-state index in [4.69, 9.17) is 11.6 Å². The summed E-state index contributed by atoms with van der Waals surface area (Å²) in [6.45, 7) is 7.46. The zero-order valence-electron chi connectivity index (χ0n) is 10.8. The average Bonchev–Trinajstić information content (AvgIpc) is 2.31. The first-order valence-corrected chi connectivity index (χ1v) is 6.56. The number of benzene rings is 1. The van der Waals surface area contributed by atoms with Gasteiger partial charge in [-0.15, -0.1) is 11.6 Å². The molecule has 0 saturated heterocycles. The van der Waals surface area contributed by atoms with Gasteiger partial charge in [0.25, 0.3) is 5.91 Å². The SMILES string of the molecule is CCCN(CCCl)C(=O)c1cccc(C)c1C. The van der Waals surface area contributed by atoms with Crippen LogP contribution in [0.2, 0.25) is 0 Å². The van der Waals surface area contributed by atoms with E-state index in [9.17, 15) is 4.79 Å². The molecule has 0 fully saturated rings. The van der Waals surface area contributed by atoms with Gasteiger partial charge in [-0.2, -0.15) is 0 Å². The summed E-state index contributed by atoms with van der Waals surface area (Å²) in [5.41, 5.74) is 3.01. The molecule has 0 unspecified atom stereocenters. The number of hydrogen-bond acceptors (Lipinski definition) is 1. The normalized spacial score (nSPS) is 10.4. The maximum atomic E-state index is 12.4. The molecule has 0 aliphatic carbocycles. The van der Waals surface area contributed by atoms with E-state index in [-0.39, 0.29) is 5.91 Å². The highest BCUT2D eigenvalue weighted by atomic mass is 35.5. The van der Waals surface area contributed by atoms with Crippen LogP contribution in [0.15, 0.2) is 18.2 Å². The van der Waals surface area contributed by atoms with Crippen molar-refractivity contribution in [2.24, 2.45) is 0 Å². The first-order chi connectivity index (χ1) is 8.11. The van der Waals surface area contributed by atoms with Crippen molar-refractivity contribution in [3.63, 3.8) is 0 Å². The molecule has 3 heteroatoms. The average molecular weight is 254 g/mol. The van der Waals surface area contributed by atoms with Crippen LogP contribution in [0.1, 0.15) is 34.8 Å². The topological polar surface area (TPSA) is 20.3 Å². The summed E-state index contributed by atoms with van der Waals surface area (Å²) in [4.78, 5) is 14.2. The third kappa shape index (κ3) is 3.47. The van der Waals surface area contributed by atoms with Gasteiger partial charge < -0.3 is 4.90 Å². The second-order valence-corrected chi connectivity index (χ2v) is 4.61. The molecule has 0 radical (unpaired) electrons. The Morgan fingerprint density at radius 1 is 1.29 bits per heavy atom. The quantitative estimate of drug-likeness (QED) is 0.737. The number of nitrogens with zero attached hydrogens (tertiary/aromatic N) is 1. The van der Waals surface area contributed by atoms with Gasteiger partial charge in [-0.25, -0.2) is 0 Å². The highest BCUT2D eigenvalue weighted by molar-refractivity contribution is 6.18. The van der Waals surface area contributed by atoms with Crippen LogP contribution in [0.3, 0.4) is 0 Å². The van der Waals surface area contributed by atoms with E-state index >= 15 is 0 Å². The Morgan fingerprint density at radius 2 is 2.00 bits per heavy atom. The lowest BCUT2D eigenvalue weighted by molar-refractivity contribution is 0.0764. The predicted molar refractivity (Wildman–Crippen MR) is 72.8 cm³/mol. The Kier molecular flexibility index (Phi) is 5.49. The molecule has 0 spiro atoms. The van der Waals surface area contributed by atoms with Crippen LogP contribution in [-0.4, -0.2) is 29.8 Å². The second-order valence-electron chi connectivity index (χ2n) is 4.23. The number of carbonyl (C=O) groups excluding carboxylic acids is 1. The largest absolute Gasteiger partial charge is 0.337 e. The minimum atomic E-state index is 0.0914. The summed E-state index contributed by atoms with van der Waals surface area (Å²) in [5, 5.41) is 0. The van der Waals surface area contributed by atoms with E-state index in [0.717, 1.165) is 29.7 Å². The standard InChI is InChI=1S/C14H20ClNO/c1-4-9-16(10-8-15)14(17)13-7-5-6-11(2)12(13)3/h5-7H,4,8-10H2,1-3H3. The minimum absolute atomic E-state index is 0.0914. The van der Waals surface area contributed by atoms with Crippen molar-refractivity contribution in [2.75, 3.05) is 19.0 Å². The van der Waals surface area contributed by atoms with Crippen LogP contribution < -0.4 is 0 Å². The number of amides is 1. The number of hydrogen-bond donors (Lipinski definition) is 0. The van der Waals surface area contributed by atoms with Crippen molar-refractivity contribution in [1.29, 1.82) is 0 Å². The van der Waals surface area contributed by atoms with Gasteiger partial charge in [0, 0.05) is 24.5 Å². The van der Waals surface area contributed by atoms with Gasteiger partial charge in [-0.3, -0.25) is 4.79 Å². The molecule has 0 atom stereocenters. The van der Waals surface area contributed by atoms with E-state index in [2.05, 4.69) is 6.92 Å². The molecule has 1 amide bonds. The highest BCUT2D eigenvalue weighted by Crippen LogP contribution is 2.15. The van der Waals surface area contributed by atoms with Gasteiger partial charge in [-0.1, -0.05) is 19.1 Å². The third-order valence-electron chi connectivity index (χ3n) is 2.97. The first-order valence-electron chi connectivity index (χ1n) is 6.03. The minimum Gasteiger partial charge on any atom is -0.337 e. The Balaban J connectivity index is 2.96. The lowest BCUT2D eigenvalue weighted by Crippen LogP contribution is -2.34. The van der Waals surface area contributed by atoms with Gasteiger partial charge in [0.1, 0.15) is 0 Å². The molecule has 1 aromatic carbocycles. The van der Waals surface area contributed by atoms with Gasteiger partial charge in [0.05, 0.1) is 0 Å². The van der Waals surface area contributed by atoms with Gasteiger partial charge in [0.2, 0.25) is 0 Å². The number of carbonyl (C=O) groups is 1. The van der Waals surface area contributed by atoms with E-state index in [1.807, 2.05) is 36.9 Å². The molecule has 2 nitrogen and oxygen atoms in total. The van der Waals surface area contributed by atoms with Crippen molar-refractivity contribution in [2.45, 2.75) is 27.2 Å². The maximum Gasteiger partial charge on any atom is 0.254 e. The zero-order chi connectivity index (χ0) is 12.8. The van der Waals surface area contributed by atoms with Crippen LogP contribution in [-0.2, 0) is 0 Å². The predicted octanol–water partition coefficient (Wildman–Crippen LogP) is 3.39. The molecule has 0 saturated carbocycles. The molecule has 1 rings (SSSR count). The van der Waals surface area contributed by atoms with E-state index in [1.54, 1.807) is 0 Å². The van der Waals surface area contributed by atoms with Crippen LogP contribution in [0.4, 0.5) is 0 Å². The van der Waals surface area contributed by atoms with Gasteiger partial charge in [0.15, 0.2) is 0 Å². The van der Waals surface area contributed by atoms with E-state index < -0.39 is 0 Å². The van der Waals surface area contributed by atoms with Crippen LogP contribution in [0.25, 0.3) is 0 Å². The molecule has 1 aromatic rings. The third-order valence-corrected chi connectivity index (χ3v) is 3.14. The van der Waals surface area contributed by atoms with Crippen molar-refractivity contribution in [3.8, 4) is 0 Å². The fourth-order valence-electron chi connectivity index (χ4n) is 1.84. The number of aryl methyl sites for hydroxylation is 1. The lowest BCUT2D eigenvalue weighted by Gasteiger charge is -2.22. The molecule has 0 aliphatic rings. The van der Waals surface area contributed by atoms with Crippen molar-refractivity contribution < 1.29 is 4.79 Å². The monoisotopic (exact) mass is 253 g/mol. The van der Waals surface area contributed by atoms with Crippen molar-refractivity contribution >= 4 is 17.5 Å². The van der Waals surface area contributed by atoms with Crippen LogP contribution in [0, 0.1) is 13.8 Å². The van der Waals surface area contributed by atoms with Crippen LogP contribution in [0.5, 0.6) is 0 Å². The maximum absolute atomic E-state index is 12.4. The molecule has 0 bridgehead atoms. The molecular weight excluding hydrogens is 234 g/mol. The Morgan fingerprint density at radius 3 is 2.59 bits per heavy atom. The molecule has 0 heterocycles. The summed E-state index contributed by atoms with van der Waals surface area (Å²) in [6, 6.07) is 5.85. The lowest BCUT2D eigenvalue weighted by atomic mass is 10.0. The highest BCUT2D eigenvalue weighted by Gasteiger charge is 2.16.